The molecule has 0 aromatic carbocycles. The van der Waals surface area contributed by atoms with Gasteiger partial charge in [0.05, 0.1) is 18.1 Å². The Morgan fingerprint density at radius 3 is 2.13 bits per heavy atom. The Kier molecular flexibility index (Phi) is 9.95. The highest BCUT2D eigenvalue weighted by molar-refractivity contribution is 6.16. The number of carbonyl (C=O) groups excluding carboxylic acids is 6. The highest BCUT2D eigenvalue weighted by Crippen LogP contribution is 2.31. The van der Waals surface area contributed by atoms with Gasteiger partial charge in [0.2, 0.25) is 0 Å². The number of alkyl halides is 3. The summed E-state index contributed by atoms with van der Waals surface area (Å²) in [7, 11) is 0. The van der Waals surface area contributed by atoms with Gasteiger partial charge in [0.25, 0.3) is 29.4 Å². The Hall–Kier alpha value is -3.40. The number of amides is 6. The summed E-state index contributed by atoms with van der Waals surface area (Å²) in [5.74, 6) is -9.71. The van der Waals surface area contributed by atoms with Crippen LogP contribution in [-0.4, -0.2) is 117 Å². The smallest absolute Gasteiger partial charge is 0.451 e. The zero-order valence-electron chi connectivity index (χ0n) is 21.9. The van der Waals surface area contributed by atoms with E-state index < -0.39 is 97.2 Å². The van der Waals surface area contributed by atoms with Crippen LogP contribution in [0.3, 0.4) is 0 Å². The van der Waals surface area contributed by atoms with E-state index in [-0.39, 0.29) is 24.3 Å². The Labute approximate surface area is 222 Å². The van der Waals surface area contributed by atoms with Crippen molar-refractivity contribution in [2.75, 3.05) is 26.2 Å². The lowest BCUT2D eigenvalue weighted by Crippen LogP contribution is -2.61. The number of likely N-dealkylation sites (tertiary alicyclic amines) is 1. The van der Waals surface area contributed by atoms with E-state index in [2.05, 4.69) is 0 Å². The van der Waals surface area contributed by atoms with Gasteiger partial charge in [0, 0.05) is 0 Å². The van der Waals surface area contributed by atoms with Crippen molar-refractivity contribution in [1.82, 2.24) is 19.6 Å². The second kappa shape index (κ2) is 12.2. The monoisotopic (exact) mass is 563 g/mol. The van der Waals surface area contributed by atoms with Gasteiger partial charge in [-0.3, -0.25) is 38.6 Å². The summed E-state index contributed by atoms with van der Waals surface area (Å²) in [6.45, 7) is 3.07. The summed E-state index contributed by atoms with van der Waals surface area (Å²) in [6.07, 6.45) is -5.09. The summed E-state index contributed by atoms with van der Waals surface area (Å²) in [5, 5.41) is 8.91. The molecule has 2 rings (SSSR count). The highest BCUT2D eigenvalue weighted by atomic mass is 19.4. The Bertz CT molecular complexity index is 1050. The number of hydrogen-bond acceptors (Lipinski definition) is 9. The predicted octanol–water partition coefficient (Wildman–Crippen LogP) is -0.179. The van der Waals surface area contributed by atoms with Gasteiger partial charge >= 0.3 is 18.2 Å². The zero-order chi connectivity index (χ0) is 30.0. The number of ketones is 1. The Balaban J connectivity index is 2.43. The number of imide groups is 4. The predicted molar refractivity (Wildman–Crippen MR) is 125 cm³/mol. The normalized spacial score (nSPS) is 20.1. The number of urea groups is 1. The van der Waals surface area contributed by atoms with Crippen LogP contribution < -0.4 is 5.73 Å². The van der Waals surface area contributed by atoms with E-state index in [4.69, 9.17) is 10.8 Å². The third kappa shape index (κ3) is 6.98. The number of nitrogens with two attached hydrogens (primary N) is 1. The maximum atomic E-state index is 13.6. The number of Topliss-reactive ketones (excluding diaryl/α,β-unsaturated/α-hetero) is 1. The number of carbonyl (C=O) groups is 7. The number of carboxylic acid groups (broad SMARTS) is 1. The average molecular weight is 564 g/mol. The molecule has 3 N–H and O–H groups in total. The molecule has 2 heterocycles. The molecule has 218 valence electrons. The number of carboxylic acids is 1. The molecule has 0 spiro atoms. The van der Waals surface area contributed by atoms with Crippen LogP contribution in [0.4, 0.5) is 18.0 Å². The summed E-state index contributed by atoms with van der Waals surface area (Å²) in [5.41, 5.74) is 5.89. The third-order valence-corrected chi connectivity index (χ3v) is 6.56. The van der Waals surface area contributed by atoms with Gasteiger partial charge in [0.15, 0.2) is 0 Å². The van der Waals surface area contributed by atoms with Crippen LogP contribution in [0.2, 0.25) is 0 Å². The number of nitrogens with zero attached hydrogens (tertiary/aromatic N) is 4. The van der Waals surface area contributed by atoms with Gasteiger partial charge in [-0.2, -0.15) is 13.2 Å². The number of halogens is 3. The van der Waals surface area contributed by atoms with Crippen molar-refractivity contribution < 1.29 is 51.8 Å². The van der Waals surface area contributed by atoms with Gasteiger partial charge in [-0.25, -0.2) is 9.69 Å². The fourth-order valence-electron chi connectivity index (χ4n) is 4.57. The first-order chi connectivity index (χ1) is 17.9. The zero-order valence-corrected chi connectivity index (χ0v) is 21.9. The lowest BCUT2D eigenvalue weighted by Gasteiger charge is -2.36. The standard InChI is InChI=1S/C23H32F3N5O8/c1-11(2)17(27)21(38)31(15(33)9-30-14(32)8-28(22(30)39)10-16(34)35)20(37)13-6-5-7-29(13)18(12(3)4)19(36)23(24,25)26/h11-13,17-18H,5-10,27H2,1-4H3,(H,34,35)/t13-,17-,18-/m0/s1. The minimum Gasteiger partial charge on any atom is -0.480 e. The SMILES string of the molecule is CC(C)[C@H](N)C(=O)N(C(=O)CN1C(=O)CN(CC(=O)O)C1=O)C(=O)[C@@H]1CCCN1[C@H](C(=O)C(F)(F)F)C(C)C. The first-order valence-corrected chi connectivity index (χ1v) is 12.2. The second-order valence-corrected chi connectivity index (χ2v) is 10.1. The summed E-state index contributed by atoms with van der Waals surface area (Å²) < 4.78 is 40.1. The van der Waals surface area contributed by atoms with Crippen LogP contribution in [0.5, 0.6) is 0 Å². The molecule has 0 aromatic heterocycles. The molecule has 0 saturated carbocycles. The van der Waals surface area contributed by atoms with Crippen molar-refractivity contribution in [3.63, 3.8) is 0 Å². The lowest BCUT2D eigenvalue weighted by molar-refractivity contribution is -0.179. The van der Waals surface area contributed by atoms with Crippen molar-refractivity contribution in [1.29, 1.82) is 0 Å². The number of rotatable bonds is 10. The van der Waals surface area contributed by atoms with Gasteiger partial charge in [0.1, 0.15) is 19.6 Å². The van der Waals surface area contributed by atoms with E-state index >= 15 is 0 Å². The molecule has 13 nitrogen and oxygen atoms in total. The molecular weight excluding hydrogens is 531 g/mol. The van der Waals surface area contributed by atoms with Crippen LogP contribution in [0.25, 0.3) is 0 Å². The van der Waals surface area contributed by atoms with E-state index in [1.165, 1.54) is 27.7 Å². The largest absolute Gasteiger partial charge is 0.480 e. The average Bonchev–Trinajstić information content (AvgIpc) is 3.38. The first-order valence-electron chi connectivity index (χ1n) is 12.2. The van der Waals surface area contributed by atoms with Gasteiger partial charge in [-0.1, -0.05) is 27.7 Å². The van der Waals surface area contributed by atoms with Crippen molar-refractivity contribution >= 4 is 41.4 Å². The van der Waals surface area contributed by atoms with Crippen molar-refractivity contribution in [3.8, 4) is 0 Å². The molecule has 39 heavy (non-hydrogen) atoms. The van der Waals surface area contributed by atoms with Crippen LogP contribution >= 0.6 is 0 Å². The molecule has 0 bridgehead atoms. The third-order valence-electron chi connectivity index (χ3n) is 6.56. The fourth-order valence-corrected chi connectivity index (χ4v) is 4.57. The second-order valence-electron chi connectivity index (χ2n) is 10.1. The molecule has 0 unspecified atom stereocenters. The number of hydrogen-bond donors (Lipinski definition) is 2. The molecule has 6 amide bonds. The lowest BCUT2D eigenvalue weighted by atomic mass is 9.96. The highest BCUT2D eigenvalue weighted by Gasteiger charge is 2.51. The van der Waals surface area contributed by atoms with E-state index in [0.29, 0.717) is 9.80 Å². The molecule has 2 aliphatic heterocycles. The molecule has 2 aliphatic rings. The fraction of sp³-hybridized carbons (Fsp3) is 0.696. The molecule has 0 aromatic rings. The summed E-state index contributed by atoms with van der Waals surface area (Å²) in [4.78, 5) is 90.2. The van der Waals surface area contributed by atoms with Crippen LogP contribution in [0, 0.1) is 11.8 Å². The van der Waals surface area contributed by atoms with Crippen molar-refractivity contribution in [2.45, 2.75) is 64.8 Å². The Morgan fingerprint density at radius 1 is 1.05 bits per heavy atom. The van der Waals surface area contributed by atoms with Crippen LogP contribution in [-0.2, 0) is 28.8 Å². The molecule has 3 atom stereocenters. The maximum Gasteiger partial charge on any atom is 0.451 e. The minimum atomic E-state index is -5.20. The van der Waals surface area contributed by atoms with Crippen LogP contribution in [0.1, 0.15) is 40.5 Å². The van der Waals surface area contributed by atoms with Crippen LogP contribution in [0.15, 0.2) is 0 Å². The summed E-state index contributed by atoms with van der Waals surface area (Å²) in [6, 6.07) is -5.77. The Morgan fingerprint density at radius 2 is 1.64 bits per heavy atom. The molecular formula is C23H32F3N5O8. The van der Waals surface area contributed by atoms with E-state index in [1.807, 2.05) is 0 Å². The van der Waals surface area contributed by atoms with Gasteiger partial charge < -0.3 is 15.7 Å². The van der Waals surface area contributed by atoms with Gasteiger partial charge in [-0.05, 0) is 31.2 Å². The van der Waals surface area contributed by atoms with E-state index in [1.54, 1.807) is 0 Å². The van der Waals surface area contributed by atoms with Crippen molar-refractivity contribution in [2.24, 2.45) is 17.6 Å². The van der Waals surface area contributed by atoms with Gasteiger partial charge in [-0.15, -0.1) is 0 Å². The topological polar surface area (TPSA) is 179 Å². The molecule has 16 heteroatoms. The first kappa shape index (κ1) is 31.8. The number of aliphatic carboxylic acids is 1. The molecule has 2 fully saturated rings. The minimum absolute atomic E-state index is 0.0743. The maximum absolute atomic E-state index is 13.6. The van der Waals surface area contributed by atoms with Crippen molar-refractivity contribution in [3.05, 3.63) is 0 Å². The quantitative estimate of drug-likeness (QED) is 0.339. The molecule has 0 aliphatic carbocycles. The van der Waals surface area contributed by atoms with E-state index in [9.17, 15) is 46.7 Å². The van der Waals surface area contributed by atoms with E-state index in [0.717, 1.165) is 4.90 Å². The molecule has 2 saturated heterocycles. The summed E-state index contributed by atoms with van der Waals surface area (Å²) >= 11 is 0. The molecule has 0 radical (unpaired) electrons.